The van der Waals surface area contributed by atoms with Gasteiger partial charge < -0.3 is 10.0 Å². The molecular weight excluding hydrogens is 258 g/mol. The van der Waals surface area contributed by atoms with Crippen LogP contribution in [0.2, 0.25) is 5.02 Å². The first-order valence-corrected chi connectivity index (χ1v) is 6.87. The van der Waals surface area contributed by atoms with Crippen LogP contribution in [0.15, 0.2) is 42.5 Å². The maximum absolute atomic E-state index is 9.51. The van der Waals surface area contributed by atoms with Crippen molar-refractivity contribution in [1.82, 2.24) is 0 Å². The minimum Gasteiger partial charge on any atom is -0.392 e. The summed E-state index contributed by atoms with van der Waals surface area (Å²) in [5.41, 5.74) is 4.65. The second-order valence-corrected chi connectivity index (χ2v) is 5.24. The van der Waals surface area contributed by atoms with Gasteiger partial charge in [-0.25, -0.2) is 0 Å². The highest BCUT2D eigenvalue weighted by atomic mass is 35.5. The summed E-state index contributed by atoms with van der Waals surface area (Å²) in [5.74, 6) is 0. The van der Waals surface area contributed by atoms with Gasteiger partial charge in [-0.15, -0.1) is 0 Å². The standard InChI is InChI=1S/C16H16ClNO/c17-15-6-3-7-16(14(15)11-19)18-9-8-12-4-1-2-5-13(12)10-18/h1-7,19H,8-11H2. The lowest BCUT2D eigenvalue weighted by molar-refractivity contribution is 0.282. The van der Waals surface area contributed by atoms with Crippen LogP contribution >= 0.6 is 11.6 Å². The maximum atomic E-state index is 9.51. The van der Waals surface area contributed by atoms with E-state index in [0.29, 0.717) is 5.02 Å². The van der Waals surface area contributed by atoms with Gasteiger partial charge >= 0.3 is 0 Å². The van der Waals surface area contributed by atoms with Crippen LogP contribution in [0, 0.1) is 0 Å². The quantitative estimate of drug-likeness (QED) is 0.907. The van der Waals surface area contributed by atoms with Crippen molar-refractivity contribution in [2.75, 3.05) is 11.4 Å². The van der Waals surface area contributed by atoms with Crippen LogP contribution in [-0.2, 0) is 19.6 Å². The zero-order chi connectivity index (χ0) is 13.2. The minimum atomic E-state index is -0.0207. The first-order valence-electron chi connectivity index (χ1n) is 6.49. The summed E-state index contributed by atoms with van der Waals surface area (Å²) in [4.78, 5) is 2.29. The molecule has 0 saturated carbocycles. The first-order chi connectivity index (χ1) is 9.29. The number of aliphatic hydroxyl groups is 1. The molecule has 1 heterocycles. The van der Waals surface area contributed by atoms with Gasteiger partial charge in [0.05, 0.1) is 6.61 Å². The number of aliphatic hydroxyl groups excluding tert-OH is 1. The molecule has 0 spiro atoms. The van der Waals surface area contributed by atoms with Crippen LogP contribution in [-0.4, -0.2) is 11.7 Å². The molecule has 0 radical (unpaired) electrons. The fourth-order valence-corrected chi connectivity index (χ4v) is 2.93. The van der Waals surface area contributed by atoms with Crippen molar-refractivity contribution in [3.8, 4) is 0 Å². The Bertz CT molecular complexity index is 597. The highest BCUT2D eigenvalue weighted by Gasteiger charge is 2.19. The van der Waals surface area contributed by atoms with Crippen LogP contribution in [0.1, 0.15) is 16.7 Å². The lowest BCUT2D eigenvalue weighted by Crippen LogP contribution is -2.31. The van der Waals surface area contributed by atoms with Gasteiger partial charge in [-0.05, 0) is 29.7 Å². The largest absolute Gasteiger partial charge is 0.392 e. The third kappa shape index (κ3) is 2.34. The number of hydrogen-bond donors (Lipinski definition) is 1. The number of benzene rings is 2. The Morgan fingerprint density at radius 2 is 1.84 bits per heavy atom. The Balaban J connectivity index is 1.95. The van der Waals surface area contributed by atoms with Crippen LogP contribution in [0.3, 0.4) is 0 Å². The summed E-state index contributed by atoms with van der Waals surface area (Å²) in [5, 5.41) is 10.2. The van der Waals surface area contributed by atoms with Crippen LogP contribution in [0.25, 0.3) is 0 Å². The van der Waals surface area contributed by atoms with Gasteiger partial charge in [0.1, 0.15) is 0 Å². The van der Waals surface area contributed by atoms with Gasteiger partial charge in [0.2, 0.25) is 0 Å². The first kappa shape index (κ1) is 12.5. The van der Waals surface area contributed by atoms with E-state index in [2.05, 4.69) is 29.2 Å². The molecule has 0 saturated heterocycles. The molecule has 3 heteroatoms. The number of fused-ring (bicyclic) bond motifs is 1. The zero-order valence-electron chi connectivity index (χ0n) is 10.6. The molecule has 2 nitrogen and oxygen atoms in total. The SMILES string of the molecule is OCc1c(Cl)cccc1N1CCc2ccccc2C1. The topological polar surface area (TPSA) is 23.5 Å². The highest BCUT2D eigenvalue weighted by Crippen LogP contribution is 2.31. The van der Waals surface area contributed by atoms with Crippen LogP contribution < -0.4 is 4.90 Å². The molecule has 0 atom stereocenters. The molecule has 0 amide bonds. The molecular formula is C16H16ClNO. The van der Waals surface area contributed by atoms with E-state index in [1.807, 2.05) is 18.2 Å². The Morgan fingerprint density at radius 1 is 1.05 bits per heavy atom. The average molecular weight is 274 g/mol. The van der Waals surface area contributed by atoms with Gasteiger partial charge in [0, 0.05) is 29.4 Å². The lowest BCUT2D eigenvalue weighted by Gasteiger charge is -2.32. The number of halogens is 1. The minimum absolute atomic E-state index is 0.0207. The second-order valence-electron chi connectivity index (χ2n) is 4.84. The smallest absolute Gasteiger partial charge is 0.0716 e. The van der Waals surface area contributed by atoms with Crippen molar-refractivity contribution >= 4 is 17.3 Å². The lowest BCUT2D eigenvalue weighted by atomic mass is 9.99. The predicted octanol–water partition coefficient (Wildman–Crippen LogP) is 3.40. The predicted molar refractivity (Wildman–Crippen MR) is 78.6 cm³/mol. The molecule has 1 aliphatic heterocycles. The second kappa shape index (κ2) is 5.24. The summed E-state index contributed by atoms with van der Waals surface area (Å²) in [6.45, 7) is 1.82. The molecule has 0 unspecified atom stereocenters. The van der Waals surface area contributed by atoms with Crippen molar-refractivity contribution in [1.29, 1.82) is 0 Å². The normalized spacial score (nSPS) is 14.3. The highest BCUT2D eigenvalue weighted by molar-refractivity contribution is 6.31. The van der Waals surface area contributed by atoms with Crippen molar-refractivity contribution in [2.45, 2.75) is 19.6 Å². The Hall–Kier alpha value is -1.51. The average Bonchev–Trinajstić information content (AvgIpc) is 2.46. The number of rotatable bonds is 2. The molecule has 1 N–H and O–H groups in total. The van der Waals surface area contributed by atoms with Crippen molar-refractivity contribution in [3.63, 3.8) is 0 Å². The fraction of sp³-hybridized carbons (Fsp3) is 0.250. The number of hydrogen-bond acceptors (Lipinski definition) is 2. The Morgan fingerprint density at radius 3 is 2.63 bits per heavy atom. The molecule has 19 heavy (non-hydrogen) atoms. The van der Waals surface area contributed by atoms with Crippen molar-refractivity contribution in [3.05, 3.63) is 64.2 Å². The summed E-state index contributed by atoms with van der Waals surface area (Å²) in [6, 6.07) is 14.3. The van der Waals surface area contributed by atoms with Gasteiger partial charge in [-0.3, -0.25) is 0 Å². The third-order valence-corrected chi connectivity index (χ3v) is 4.08. The molecule has 0 bridgehead atoms. The summed E-state index contributed by atoms with van der Waals surface area (Å²) < 4.78 is 0. The van der Waals surface area contributed by atoms with E-state index in [4.69, 9.17) is 11.6 Å². The number of anilines is 1. The van der Waals surface area contributed by atoms with E-state index in [1.165, 1.54) is 11.1 Å². The van der Waals surface area contributed by atoms with Crippen molar-refractivity contribution < 1.29 is 5.11 Å². The van der Waals surface area contributed by atoms with Gasteiger partial charge in [-0.1, -0.05) is 41.9 Å². The summed E-state index contributed by atoms with van der Waals surface area (Å²) in [6.07, 6.45) is 1.04. The van der Waals surface area contributed by atoms with E-state index in [9.17, 15) is 5.11 Å². The van der Waals surface area contributed by atoms with E-state index >= 15 is 0 Å². The molecule has 0 aliphatic carbocycles. The molecule has 2 aromatic carbocycles. The van der Waals surface area contributed by atoms with Crippen LogP contribution in [0.4, 0.5) is 5.69 Å². The van der Waals surface area contributed by atoms with Crippen molar-refractivity contribution in [2.24, 2.45) is 0 Å². The molecule has 3 rings (SSSR count). The monoisotopic (exact) mass is 273 g/mol. The molecule has 98 valence electrons. The summed E-state index contributed by atoms with van der Waals surface area (Å²) in [7, 11) is 0. The maximum Gasteiger partial charge on any atom is 0.0716 e. The Labute approximate surface area is 118 Å². The zero-order valence-corrected chi connectivity index (χ0v) is 11.4. The van der Waals surface area contributed by atoms with Gasteiger partial charge in [0.25, 0.3) is 0 Å². The van der Waals surface area contributed by atoms with E-state index in [0.717, 1.165) is 30.8 Å². The van der Waals surface area contributed by atoms with Crippen LogP contribution in [0.5, 0.6) is 0 Å². The third-order valence-electron chi connectivity index (χ3n) is 3.72. The summed E-state index contributed by atoms with van der Waals surface area (Å²) >= 11 is 6.16. The van der Waals surface area contributed by atoms with E-state index in [1.54, 1.807) is 0 Å². The fourth-order valence-electron chi connectivity index (χ4n) is 2.70. The molecule has 0 aromatic heterocycles. The van der Waals surface area contributed by atoms with Gasteiger partial charge in [0.15, 0.2) is 0 Å². The molecule has 1 aliphatic rings. The molecule has 2 aromatic rings. The Kier molecular flexibility index (Phi) is 3.45. The van der Waals surface area contributed by atoms with E-state index in [-0.39, 0.29) is 6.61 Å². The number of nitrogens with zero attached hydrogens (tertiary/aromatic N) is 1. The molecule has 0 fully saturated rings. The van der Waals surface area contributed by atoms with Gasteiger partial charge in [-0.2, -0.15) is 0 Å². The van der Waals surface area contributed by atoms with E-state index < -0.39 is 0 Å².